The Hall–Kier alpha value is -2.59. The summed E-state index contributed by atoms with van der Waals surface area (Å²) in [6, 6.07) is 0.854. The number of imidazole rings is 1. The second kappa shape index (κ2) is 8.19. The van der Waals surface area contributed by atoms with Gasteiger partial charge in [-0.05, 0) is 48.7 Å². The quantitative estimate of drug-likeness (QED) is 0.544. The predicted octanol–water partition coefficient (Wildman–Crippen LogP) is 1.97. The molecule has 7 nitrogen and oxygen atoms in total. The largest absolute Gasteiger partial charge is 0.480 e. The van der Waals surface area contributed by atoms with Crippen LogP contribution < -0.4 is 11.1 Å². The highest BCUT2D eigenvalue weighted by Gasteiger charge is 2.25. The minimum Gasteiger partial charge on any atom is -0.480 e. The van der Waals surface area contributed by atoms with Crippen LogP contribution in [-0.4, -0.2) is 32.6 Å². The van der Waals surface area contributed by atoms with Crippen molar-refractivity contribution in [2.45, 2.75) is 44.3 Å². The minimum absolute atomic E-state index is 0.111. The molecule has 3 rings (SSSR count). The van der Waals surface area contributed by atoms with Crippen LogP contribution in [0.3, 0.4) is 0 Å². The first kappa shape index (κ1) is 20.2. The number of rotatable bonds is 6. The normalized spacial score (nSPS) is 17.0. The number of aromatic amines is 1. The standard InChI is InChI=1S/C18H20F2N4O3S/c19-10-3-9-4-11(1-2-13(9)14(20)5-10)24-12(8-23-18(24)28)7-22-16(25)6-15(21)17(26)27/h3,5,8,11,15H,1-2,4,6-7,21H2,(H,22,25)(H,23,28)(H,26,27). The number of carboxylic acids is 1. The van der Waals surface area contributed by atoms with E-state index in [1.165, 1.54) is 6.07 Å². The molecule has 0 radical (unpaired) electrons. The van der Waals surface area contributed by atoms with Crippen molar-refractivity contribution in [1.29, 1.82) is 0 Å². The van der Waals surface area contributed by atoms with Crippen LogP contribution in [0.25, 0.3) is 0 Å². The molecule has 1 aromatic heterocycles. The van der Waals surface area contributed by atoms with Crippen molar-refractivity contribution in [2.75, 3.05) is 0 Å². The van der Waals surface area contributed by atoms with Crippen LogP contribution in [0.5, 0.6) is 0 Å². The number of aromatic nitrogens is 2. The number of carbonyl (C=O) groups excluding carboxylic acids is 1. The molecule has 2 aromatic rings. The fourth-order valence-corrected chi connectivity index (χ4v) is 3.83. The highest BCUT2D eigenvalue weighted by molar-refractivity contribution is 7.71. The average Bonchev–Trinajstić information content (AvgIpc) is 2.99. The van der Waals surface area contributed by atoms with Gasteiger partial charge in [-0.25, -0.2) is 8.78 Å². The van der Waals surface area contributed by atoms with E-state index in [1.807, 2.05) is 4.57 Å². The number of carboxylic acid groups (broad SMARTS) is 1. The maximum Gasteiger partial charge on any atom is 0.321 e. The van der Waals surface area contributed by atoms with Gasteiger partial charge in [0.1, 0.15) is 17.7 Å². The Morgan fingerprint density at radius 3 is 2.89 bits per heavy atom. The topological polar surface area (TPSA) is 113 Å². The molecule has 1 aliphatic rings. The highest BCUT2D eigenvalue weighted by Crippen LogP contribution is 2.32. The number of nitrogens with two attached hydrogens (primary N) is 1. The van der Waals surface area contributed by atoms with E-state index < -0.39 is 29.6 Å². The molecule has 28 heavy (non-hydrogen) atoms. The van der Waals surface area contributed by atoms with Crippen molar-refractivity contribution in [2.24, 2.45) is 5.73 Å². The van der Waals surface area contributed by atoms with Crippen molar-refractivity contribution in [1.82, 2.24) is 14.9 Å². The van der Waals surface area contributed by atoms with Crippen LogP contribution in [0.2, 0.25) is 0 Å². The van der Waals surface area contributed by atoms with E-state index in [0.29, 0.717) is 40.9 Å². The molecular weight excluding hydrogens is 390 g/mol. The highest BCUT2D eigenvalue weighted by atomic mass is 32.1. The summed E-state index contributed by atoms with van der Waals surface area (Å²) in [5, 5.41) is 11.4. The molecule has 1 heterocycles. The lowest BCUT2D eigenvalue weighted by Gasteiger charge is -2.27. The van der Waals surface area contributed by atoms with Crippen LogP contribution >= 0.6 is 12.2 Å². The van der Waals surface area contributed by atoms with Gasteiger partial charge in [0.2, 0.25) is 5.91 Å². The number of carbonyl (C=O) groups is 2. The Morgan fingerprint density at radius 1 is 1.43 bits per heavy atom. The Bertz CT molecular complexity index is 972. The number of nitrogens with zero attached hydrogens (tertiary/aromatic N) is 1. The van der Waals surface area contributed by atoms with Crippen LogP contribution in [-0.2, 0) is 29.0 Å². The number of aliphatic carboxylic acids is 1. The summed E-state index contributed by atoms with van der Waals surface area (Å²) in [5.41, 5.74) is 7.18. The summed E-state index contributed by atoms with van der Waals surface area (Å²) in [6.07, 6.45) is 2.81. The van der Waals surface area contributed by atoms with Gasteiger partial charge in [0.15, 0.2) is 4.77 Å². The lowest BCUT2D eigenvalue weighted by atomic mass is 9.87. The number of nitrogens with one attached hydrogen (secondary N) is 2. The van der Waals surface area contributed by atoms with Crippen molar-refractivity contribution in [3.05, 3.63) is 51.6 Å². The van der Waals surface area contributed by atoms with Crippen molar-refractivity contribution in [3.63, 3.8) is 0 Å². The molecule has 1 amide bonds. The summed E-state index contributed by atoms with van der Waals surface area (Å²) in [5.74, 6) is -2.89. The monoisotopic (exact) mass is 410 g/mol. The SMILES string of the molecule is NC(CC(=O)NCc1c[nH]c(=S)n1C1CCc2c(F)cc(F)cc2C1)C(=O)O. The van der Waals surface area contributed by atoms with Gasteiger partial charge in [0, 0.05) is 18.3 Å². The summed E-state index contributed by atoms with van der Waals surface area (Å²) < 4.78 is 29.8. The van der Waals surface area contributed by atoms with Gasteiger partial charge in [-0.2, -0.15) is 0 Å². The molecule has 0 saturated heterocycles. The molecule has 0 bridgehead atoms. The van der Waals surface area contributed by atoms with E-state index in [1.54, 1.807) is 6.20 Å². The number of amides is 1. The average molecular weight is 410 g/mol. The molecule has 5 N–H and O–H groups in total. The fraction of sp³-hybridized carbons (Fsp3) is 0.389. The third-order valence-electron chi connectivity index (χ3n) is 4.88. The molecule has 2 atom stereocenters. The van der Waals surface area contributed by atoms with Crippen molar-refractivity contribution < 1.29 is 23.5 Å². The Labute approximate surface area is 164 Å². The van der Waals surface area contributed by atoms with Crippen LogP contribution in [0.15, 0.2) is 18.3 Å². The molecule has 1 aromatic carbocycles. The van der Waals surface area contributed by atoms with Gasteiger partial charge in [0.05, 0.1) is 18.7 Å². The van der Waals surface area contributed by atoms with Gasteiger partial charge < -0.3 is 25.7 Å². The van der Waals surface area contributed by atoms with Gasteiger partial charge >= 0.3 is 5.97 Å². The van der Waals surface area contributed by atoms with E-state index in [2.05, 4.69) is 10.3 Å². The summed E-state index contributed by atoms with van der Waals surface area (Å²) in [4.78, 5) is 25.5. The second-order valence-electron chi connectivity index (χ2n) is 6.80. The van der Waals surface area contributed by atoms with Gasteiger partial charge in [-0.1, -0.05) is 0 Å². The van der Waals surface area contributed by atoms with E-state index in [9.17, 15) is 18.4 Å². The lowest BCUT2D eigenvalue weighted by molar-refractivity contribution is -0.140. The van der Waals surface area contributed by atoms with E-state index in [-0.39, 0.29) is 19.0 Å². The van der Waals surface area contributed by atoms with Crippen molar-refractivity contribution >= 4 is 24.1 Å². The summed E-state index contributed by atoms with van der Waals surface area (Å²) in [6.45, 7) is 0.124. The maximum absolute atomic E-state index is 14.0. The Balaban J connectivity index is 1.74. The Morgan fingerprint density at radius 2 is 2.18 bits per heavy atom. The first-order chi connectivity index (χ1) is 13.3. The minimum atomic E-state index is -1.27. The molecule has 1 aliphatic carbocycles. The zero-order valence-corrected chi connectivity index (χ0v) is 15.7. The number of benzene rings is 1. The predicted molar refractivity (Wildman–Crippen MR) is 99.1 cm³/mol. The molecule has 10 heteroatoms. The van der Waals surface area contributed by atoms with Crippen molar-refractivity contribution in [3.8, 4) is 0 Å². The first-order valence-electron chi connectivity index (χ1n) is 8.77. The number of hydrogen-bond donors (Lipinski definition) is 4. The van der Waals surface area contributed by atoms with Crippen LogP contribution in [0.1, 0.15) is 35.7 Å². The summed E-state index contributed by atoms with van der Waals surface area (Å²) in [7, 11) is 0. The molecule has 0 saturated carbocycles. The molecule has 2 unspecified atom stereocenters. The van der Waals surface area contributed by atoms with E-state index in [4.69, 9.17) is 23.1 Å². The maximum atomic E-state index is 14.0. The smallest absolute Gasteiger partial charge is 0.321 e. The number of halogens is 2. The first-order valence-corrected chi connectivity index (χ1v) is 9.17. The zero-order valence-electron chi connectivity index (χ0n) is 14.9. The van der Waals surface area contributed by atoms with Crippen LogP contribution in [0, 0.1) is 16.4 Å². The number of hydrogen-bond acceptors (Lipinski definition) is 4. The van der Waals surface area contributed by atoms with Gasteiger partial charge in [-0.15, -0.1) is 0 Å². The molecule has 0 aliphatic heterocycles. The molecular formula is C18H20F2N4O3S. The van der Waals surface area contributed by atoms with Gasteiger partial charge in [0.25, 0.3) is 0 Å². The Kier molecular flexibility index (Phi) is 5.90. The second-order valence-corrected chi connectivity index (χ2v) is 7.19. The molecule has 150 valence electrons. The molecule has 0 fully saturated rings. The summed E-state index contributed by atoms with van der Waals surface area (Å²) >= 11 is 5.34. The number of H-pyrrole nitrogens is 1. The third-order valence-corrected chi connectivity index (χ3v) is 5.20. The molecule has 0 spiro atoms. The van der Waals surface area contributed by atoms with Gasteiger partial charge in [-0.3, -0.25) is 9.59 Å². The fourth-order valence-electron chi connectivity index (χ4n) is 3.51. The van der Waals surface area contributed by atoms with Crippen LogP contribution in [0.4, 0.5) is 8.78 Å². The lowest BCUT2D eigenvalue weighted by Crippen LogP contribution is -2.37. The third kappa shape index (κ3) is 4.28. The number of fused-ring (bicyclic) bond motifs is 1. The zero-order chi connectivity index (χ0) is 20.4. The van der Waals surface area contributed by atoms with E-state index in [0.717, 1.165) is 6.07 Å². The van der Waals surface area contributed by atoms with E-state index >= 15 is 0 Å².